The quantitative estimate of drug-likeness (QED) is 0.615. The van der Waals surface area contributed by atoms with Crippen LogP contribution in [0.25, 0.3) is 11.5 Å². The highest BCUT2D eigenvalue weighted by atomic mass is 19.4. The highest BCUT2D eigenvalue weighted by Gasteiger charge is 2.33. The molecule has 1 aromatic carbocycles. The van der Waals surface area contributed by atoms with Gasteiger partial charge < -0.3 is 9.73 Å². The summed E-state index contributed by atoms with van der Waals surface area (Å²) in [6.07, 6.45) is -1.88. The third-order valence-corrected chi connectivity index (χ3v) is 4.85. The average molecular weight is 430 g/mol. The maximum absolute atomic E-state index is 13.7. The van der Waals surface area contributed by atoms with Gasteiger partial charge in [-0.25, -0.2) is 9.37 Å². The number of oxazole rings is 1. The van der Waals surface area contributed by atoms with E-state index in [2.05, 4.69) is 15.3 Å². The van der Waals surface area contributed by atoms with Crippen LogP contribution in [0.2, 0.25) is 0 Å². The van der Waals surface area contributed by atoms with Crippen molar-refractivity contribution >= 4 is 5.91 Å². The van der Waals surface area contributed by atoms with Crippen LogP contribution in [0, 0.1) is 17.1 Å². The van der Waals surface area contributed by atoms with E-state index in [0.717, 1.165) is 24.4 Å². The Morgan fingerprint density at radius 2 is 2.06 bits per heavy atom. The lowest BCUT2D eigenvalue weighted by Crippen LogP contribution is -2.31. The van der Waals surface area contributed by atoms with Gasteiger partial charge in [0.1, 0.15) is 23.0 Å². The molecule has 1 unspecified atom stereocenters. The number of nitriles is 1. The number of aryl methyl sites for hydroxylation is 1. The van der Waals surface area contributed by atoms with Gasteiger partial charge in [0, 0.05) is 23.7 Å². The van der Waals surface area contributed by atoms with Crippen molar-refractivity contribution in [3.05, 3.63) is 70.6 Å². The van der Waals surface area contributed by atoms with E-state index in [1.54, 1.807) is 6.07 Å². The van der Waals surface area contributed by atoms with Gasteiger partial charge in [-0.05, 0) is 43.2 Å². The minimum atomic E-state index is -4.61. The van der Waals surface area contributed by atoms with E-state index in [9.17, 15) is 22.4 Å². The molecule has 1 aliphatic carbocycles. The number of hydrogen-bond donors (Lipinski definition) is 1. The van der Waals surface area contributed by atoms with Gasteiger partial charge in [-0.15, -0.1) is 0 Å². The number of pyridine rings is 1. The SMILES string of the molecule is N#Cc1cc(F)cc(C(=O)NC2CCCc3oc(-c4ccnc(C(F)(F)F)c4)nc32)c1. The molecule has 31 heavy (non-hydrogen) atoms. The summed E-state index contributed by atoms with van der Waals surface area (Å²) in [5.74, 6) is -0.845. The number of carbonyl (C=O) groups is 1. The van der Waals surface area contributed by atoms with Crippen molar-refractivity contribution in [1.82, 2.24) is 15.3 Å². The number of alkyl halides is 3. The molecule has 10 heteroatoms. The molecule has 0 fully saturated rings. The summed E-state index contributed by atoms with van der Waals surface area (Å²) in [5, 5.41) is 11.7. The Morgan fingerprint density at radius 3 is 2.81 bits per heavy atom. The second kappa shape index (κ2) is 7.83. The molecule has 0 saturated carbocycles. The lowest BCUT2D eigenvalue weighted by Gasteiger charge is -2.21. The molecule has 0 saturated heterocycles. The van der Waals surface area contributed by atoms with Crippen LogP contribution >= 0.6 is 0 Å². The molecule has 3 aromatic rings. The van der Waals surface area contributed by atoms with E-state index in [1.165, 1.54) is 12.1 Å². The summed E-state index contributed by atoms with van der Waals surface area (Å²) in [7, 11) is 0. The van der Waals surface area contributed by atoms with E-state index in [0.29, 0.717) is 30.7 Å². The van der Waals surface area contributed by atoms with Gasteiger partial charge in [0.15, 0.2) is 0 Å². The molecule has 6 nitrogen and oxygen atoms in total. The van der Waals surface area contributed by atoms with Crippen molar-refractivity contribution in [2.24, 2.45) is 0 Å². The molecular formula is C21H14F4N4O2. The molecule has 0 radical (unpaired) electrons. The molecule has 2 heterocycles. The molecule has 0 aliphatic heterocycles. The Labute approximate surface area is 173 Å². The van der Waals surface area contributed by atoms with Crippen LogP contribution in [0.1, 0.15) is 52.0 Å². The first kappa shape index (κ1) is 20.5. The van der Waals surface area contributed by atoms with Crippen molar-refractivity contribution in [2.75, 3.05) is 0 Å². The zero-order valence-corrected chi connectivity index (χ0v) is 15.8. The number of fused-ring (bicyclic) bond motifs is 1. The van der Waals surface area contributed by atoms with Crippen LogP contribution in [-0.2, 0) is 12.6 Å². The van der Waals surface area contributed by atoms with E-state index >= 15 is 0 Å². The zero-order valence-electron chi connectivity index (χ0n) is 15.8. The van der Waals surface area contributed by atoms with Crippen molar-refractivity contribution in [3.8, 4) is 17.5 Å². The molecule has 0 bridgehead atoms. The lowest BCUT2D eigenvalue weighted by atomic mass is 9.96. The predicted octanol–water partition coefficient (Wildman–Crippen LogP) is 4.57. The second-order valence-electron chi connectivity index (χ2n) is 7.01. The summed E-state index contributed by atoms with van der Waals surface area (Å²) in [6, 6.07) is 6.73. The summed E-state index contributed by atoms with van der Waals surface area (Å²) in [4.78, 5) is 20.2. The van der Waals surface area contributed by atoms with E-state index in [4.69, 9.17) is 9.68 Å². The Bertz CT molecular complexity index is 1200. The first-order valence-corrected chi connectivity index (χ1v) is 9.29. The van der Waals surface area contributed by atoms with Crippen molar-refractivity contribution in [1.29, 1.82) is 5.26 Å². The Morgan fingerprint density at radius 1 is 1.26 bits per heavy atom. The van der Waals surface area contributed by atoms with Gasteiger partial charge in [0.25, 0.3) is 5.91 Å². The number of amides is 1. The smallest absolute Gasteiger partial charge is 0.433 e. The van der Waals surface area contributed by atoms with Crippen LogP contribution in [0.4, 0.5) is 17.6 Å². The predicted molar refractivity (Wildman–Crippen MR) is 99.0 cm³/mol. The van der Waals surface area contributed by atoms with Crippen LogP contribution in [0.15, 0.2) is 40.9 Å². The number of nitrogens with zero attached hydrogens (tertiary/aromatic N) is 3. The molecule has 2 aromatic heterocycles. The molecule has 1 atom stereocenters. The van der Waals surface area contributed by atoms with Crippen LogP contribution < -0.4 is 5.32 Å². The highest BCUT2D eigenvalue weighted by molar-refractivity contribution is 5.94. The van der Waals surface area contributed by atoms with Gasteiger partial charge in [-0.3, -0.25) is 9.78 Å². The Kier molecular flexibility index (Phi) is 5.19. The second-order valence-corrected chi connectivity index (χ2v) is 7.01. The van der Waals surface area contributed by atoms with Crippen molar-refractivity contribution in [2.45, 2.75) is 31.5 Å². The minimum Gasteiger partial charge on any atom is -0.441 e. The summed E-state index contributed by atoms with van der Waals surface area (Å²) in [5.41, 5.74) is -0.541. The summed E-state index contributed by atoms with van der Waals surface area (Å²) in [6.45, 7) is 0. The topological polar surface area (TPSA) is 91.8 Å². The van der Waals surface area contributed by atoms with E-state index in [-0.39, 0.29) is 22.6 Å². The number of aromatic nitrogens is 2. The maximum Gasteiger partial charge on any atom is 0.433 e. The maximum atomic E-state index is 13.7. The van der Waals surface area contributed by atoms with E-state index in [1.807, 2.05) is 0 Å². The van der Waals surface area contributed by atoms with Crippen molar-refractivity contribution < 1.29 is 26.8 Å². The Balaban J connectivity index is 1.61. The van der Waals surface area contributed by atoms with Gasteiger partial charge >= 0.3 is 6.18 Å². The molecule has 1 amide bonds. The molecule has 158 valence electrons. The minimum absolute atomic E-state index is 0.00317. The number of benzene rings is 1. The lowest BCUT2D eigenvalue weighted by molar-refractivity contribution is -0.141. The fraction of sp³-hybridized carbons (Fsp3) is 0.238. The van der Waals surface area contributed by atoms with E-state index < -0.39 is 29.6 Å². The molecule has 0 spiro atoms. The fourth-order valence-corrected chi connectivity index (χ4v) is 3.43. The molecule has 4 rings (SSSR count). The number of hydrogen-bond acceptors (Lipinski definition) is 5. The summed E-state index contributed by atoms with van der Waals surface area (Å²) < 4.78 is 58.2. The van der Waals surface area contributed by atoms with Crippen LogP contribution in [0.5, 0.6) is 0 Å². The number of halogens is 4. The zero-order chi connectivity index (χ0) is 22.2. The third-order valence-electron chi connectivity index (χ3n) is 4.85. The monoisotopic (exact) mass is 430 g/mol. The Hall–Kier alpha value is -3.74. The normalized spacial score (nSPS) is 15.8. The molecule has 1 N–H and O–H groups in total. The summed E-state index contributed by atoms with van der Waals surface area (Å²) >= 11 is 0. The largest absolute Gasteiger partial charge is 0.441 e. The van der Waals surface area contributed by atoms with Crippen LogP contribution in [-0.4, -0.2) is 15.9 Å². The van der Waals surface area contributed by atoms with Crippen molar-refractivity contribution in [3.63, 3.8) is 0 Å². The van der Waals surface area contributed by atoms with Crippen LogP contribution in [0.3, 0.4) is 0 Å². The first-order valence-electron chi connectivity index (χ1n) is 9.29. The average Bonchev–Trinajstić information content (AvgIpc) is 3.18. The van der Waals surface area contributed by atoms with Gasteiger partial charge in [-0.2, -0.15) is 18.4 Å². The third kappa shape index (κ3) is 4.26. The molecule has 1 aliphatic rings. The first-order chi connectivity index (χ1) is 14.7. The fourth-order valence-electron chi connectivity index (χ4n) is 3.43. The van der Waals surface area contributed by atoms with Gasteiger partial charge in [0.2, 0.25) is 5.89 Å². The molecular weight excluding hydrogens is 416 g/mol. The highest BCUT2D eigenvalue weighted by Crippen LogP contribution is 2.35. The number of carbonyl (C=O) groups excluding carboxylic acids is 1. The standard InChI is InChI=1S/C21H14F4N4O2/c22-14-7-11(10-26)6-13(8-14)19(30)28-15-2-1-3-16-18(15)29-20(31-16)12-4-5-27-17(9-12)21(23,24)25/h4-9,15H,1-3H2,(H,28,30). The van der Waals surface area contributed by atoms with Gasteiger partial charge in [0.05, 0.1) is 17.7 Å². The number of rotatable bonds is 3. The number of nitrogens with one attached hydrogen (secondary N) is 1. The van der Waals surface area contributed by atoms with Gasteiger partial charge in [-0.1, -0.05) is 0 Å².